The third kappa shape index (κ3) is 5.75. The summed E-state index contributed by atoms with van der Waals surface area (Å²) < 4.78 is 6.16. The Labute approximate surface area is 143 Å². The van der Waals surface area contributed by atoms with Crippen LogP contribution in [0.5, 0.6) is 5.75 Å². The normalized spacial score (nSPS) is 9.96. The highest BCUT2D eigenvalue weighted by Crippen LogP contribution is 2.15. The maximum atomic E-state index is 11.9. The molecule has 0 bridgehead atoms. The number of hydrazine groups is 1. The molecule has 0 atom stereocenters. The average molecular weight is 377 g/mol. The van der Waals surface area contributed by atoms with Crippen LogP contribution >= 0.6 is 15.9 Å². The molecule has 0 aliphatic carbocycles. The molecular formula is C17H17BrN2O3. The van der Waals surface area contributed by atoms with Gasteiger partial charge in [0.1, 0.15) is 5.75 Å². The summed E-state index contributed by atoms with van der Waals surface area (Å²) in [6.07, 6.45) is 0.828. The van der Waals surface area contributed by atoms with Gasteiger partial charge in [0, 0.05) is 10.9 Å². The largest absolute Gasteiger partial charge is 0.494 e. The fraction of sp³-hybridized carbons (Fsp3) is 0.176. The summed E-state index contributed by atoms with van der Waals surface area (Å²) in [6.45, 7) is 0.440. The number of hydrogen-bond donors (Lipinski definition) is 2. The maximum absolute atomic E-state index is 11.9. The first-order valence-corrected chi connectivity index (χ1v) is 7.97. The first-order valence-electron chi connectivity index (χ1n) is 7.18. The van der Waals surface area contributed by atoms with Gasteiger partial charge in [-0.2, -0.15) is 0 Å². The molecule has 0 aliphatic heterocycles. The van der Waals surface area contributed by atoms with Crippen molar-refractivity contribution in [2.75, 3.05) is 6.61 Å². The van der Waals surface area contributed by atoms with E-state index in [-0.39, 0.29) is 18.2 Å². The monoisotopic (exact) mass is 376 g/mol. The van der Waals surface area contributed by atoms with Crippen LogP contribution in [0.25, 0.3) is 0 Å². The zero-order chi connectivity index (χ0) is 16.5. The summed E-state index contributed by atoms with van der Waals surface area (Å²) in [5, 5.41) is 0. The predicted molar refractivity (Wildman–Crippen MR) is 90.9 cm³/mol. The second-order valence-corrected chi connectivity index (χ2v) is 5.60. The van der Waals surface area contributed by atoms with Crippen LogP contribution in [0.3, 0.4) is 0 Å². The highest BCUT2D eigenvalue weighted by Gasteiger charge is 2.10. The minimum atomic E-state index is -0.369. The lowest BCUT2D eigenvalue weighted by Gasteiger charge is -2.09. The summed E-state index contributed by atoms with van der Waals surface area (Å²) in [4.78, 5) is 23.6. The van der Waals surface area contributed by atoms with Gasteiger partial charge in [0.05, 0.1) is 12.2 Å². The van der Waals surface area contributed by atoms with Gasteiger partial charge in [0.25, 0.3) is 5.91 Å². The van der Waals surface area contributed by atoms with Crippen molar-refractivity contribution < 1.29 is 14.3 Å². The fourth-order valence-corrected chi connectivity index (χ4v) is 2.31. The first kappa shape index (κ1) is 17.0. The number of carbonyl (C=O) groups excluding carboxylic acids is 2. The van der Waals surface area contributed by atoms with E-state index in [2.05, 4.69) is 26.8 Å². The Morgan fingerprint density at radius 3 is 2.39 bits per heavy atom. The minimum absolute atomic E-state index is 0.262. The van der Waals surface area contributed by atoms with E-state index < -0.39 is 0 Å². The van der Waals surface area contributed by atoms with Crippen molar-refractivity contribution >= 4 is 27.7 Å². The molecule has 0 aromatic heterocycles. The van der Waals surface area contributed by atoms with Gasteiger partial charge in [-0.25, -0.2) is 0 Å². The van der Waals surface area contributed by atoms with Crippen LogP contribution in [0.15, 0.2) is 59.1 Å². The molecule has 23 heavy (non-hydrogen) atoms. The fourth-order valence-electron chi connectivity index (χ4n) is 1.84. The molecule has 6 heteroatoms. The number of hydrogen-bond acceptors (Lipinski definition) is 3. The second-order valence-electron chi connectivity index (χ2n) is 4.75. The van der Waals surface area contributed by atoms with E-state index in [9.17, 15) is 9.59 Å². The molecule has 0 aliphatic rings. The number of rotatable bonds is 6. The number of ether oxygens (including phenoxy) is 1. The number of amides is 2. The van der Waals surface area contributed by atoms with E-state index in [1.54, 1.807) is 18.2 Å². The van der Waals surface area contributed by atoms with E-state index in [1.165, 1.54) is 0 Å². The Balaban J connectivity index is 1.65. The molecule has 2 aromatic carbocycles. The van der Waals surface area contributed by atoms with Crippen LogP contribution < -0.4 is 15.6 Å². The molecule has 0 unspecified atom stereocenters. The second kappa shape index (κ2) is 8.95. The topological polar surface area (TPSA) is 67.4 Å². The lowest BCUT2D eigenvalue weighted by molar-refractivity contribution is -0.122. The van der Waals surface area contributed by atoms with Gasteiger partial charge in [0.2, 0.25) is 5.91 Å². The number of halogens is 1. The molecular weight excluding hydrogens is 360 g/mol. The lowest BCUT2D eigenvalue weighted by atomic mass is 10.2. The van der Waals surface area contributed by atoms with Crippen LogP contribution in [0.2, 0.25) is 0 Å². The van der Waals surface area contributed by atoms with Crippen LogP contribution in [0, 0.1) is 0 Å². The molecule has 0 saturated heterocycles. The molecule has 2 aromatic rings. The Hall–Kier alpha value is -2.34. The van der Waals surface area contributed by atoms with Gasteiger partial charge in [-0.1, -0.05) is 30.3 Å². The number of para-hydroxylation sites is 1. The Bertz CT molecular complexity index is 662. The maximum Gasteiger partial charge on any atom is 0.270 e. The first-order chi connectivity index (χ1) is 11.2. The Morgan fingerprint density at radius 2 is 1.65 bits per heavy atom. The van der Waals surface area contributed by atoms with Crippen LogP contribution in [0.1, 0.15) is 23.2 Å². The Morgan fingerprint density at radius 1 is 0.957 bits per heavy atom. The quantitative estimate of drug-likeness (QED) is 0.601. The summed E-state index contributed by atoms with van der Waals surface area (Å²) in [5.41, 5.74) is 5.24. The molecule has 120 valence electrons. The van der Waals surface area contributed by atoms with E-state index in [1.807, 2.05) is 36.4 Å². The van der Waals surface area contributed by atoms with Gasteiger partial charge in [-0.15, -0.1) is 0 Å². The van der Waals surface area contributed by atoms with Gasteiger partial charge >= 0.3 is 0 Å². The summed E-state index contributed by atoms with van der Waals surface area (Å²) in [5.74, 6) is 0.142. The standard InChI is InChI=1S/C17H17BrN2O3/c18-15-10-5-4-9-14(15)17(22)20-19-16(21)11-6-12-23-13-7-2-1-3-8-13/h1-5,7-10H,6,11-12H2,(H,19,21)(H,20,22). The third-order valence-corrected chi connectivity index (χ3v) is 3.69. The smallest absolute Gasteiger partial charge is 0.270 e. The van der Waals surface area contributed by atoms with E-state index in [4.69, 9.17) is 4.74 Å². The molecule has 0 fully saturated rings. The summed E-state index contributed by atoms with van der Waals surface area (Å²) in [7, 11) is 0. The average Bonchev–Trinajstić information content (AvgIpc) is 2.58. The van der Waals surface area contributed by atoms with Crippen molar-refractivity contribution in [2.24, 2.45) is 0 Å². The number of nitrogens with one attached hydrogen (secondary N) is 2. The van der Waals surface area contributed by atoms with Crippen LogP contribution in [-0.2, 0) is 4.79 Å². The number of benzene rings is 2. The van der Waals surface area contributed by atoms with Crippen molar-refractivity contribution in [3.05, 3.63) is 64.6 Å². The molecule has 0 heterocycles. The summed E-state index contributed by atoms with van der Waals surface area (Å²) in [6, 6.07) is 16.4. The van der Waals surface area contributed by atoms with E-state index >= 15 is 0 Å². The molecule has 2 amide bonds. The zero-order valence-electron chi connectivity index (χ0n) is 12.4. The highest BCUT2D eigenvalue weighted by molar-refractivity contribution is 9.10. The lowest BCUT2D eigenvalue weighted by Crippen LogP contribution is -2.41. The molecule has 0 spiro atoms. The van der Waals surface area contributed by atoms with Gasteiger partial charge in [-0.3, -0.25) is 20.4 Å². The van der Waals surface area contributed by atoms with Crippen LogP contribution in [0.4, 0.5) is 0 Å². The van der Waals surface area contributed by atoms with Crippen molar-refractivity contribution in [3.63, 3.8) is 0 Å². The SMILES string of the molecule is O=C(CCCOc1ccccc1)NNC(=O)c1ccccc1Br. The molecule has 5 nitrogen and oxygen atoms in total. The molecule has 2 N–H and O–H groups in total. The van der Waals surface area contributed by atoms with Crippen molar-refractivity contribution in [3.8, 4) is 5.75 Å². The van der Waals surface area contributed by atoms with Gasteiger partial charge < -0.3 is 4.74 Å². The van der Waals surface area contributed by atoms with Crippen molar-refractivity contribution in [2.45, 2.75) is 12.8 Å². The van der Waals surface area contributed by atoms with Crippen molar-refractivity contribution in [1.82, 2.24) is 10.9 Å². The Kier molecular flexibility index (Phi) is 6.62. The van der Waals surface area contributed by atoms with E-state index in [0.29, 0.717) is 23.1 Å². The third-order valence-electron chi connectivity index (χ3n) is 2.99. The van der Waals surface area contributed by atoms with Crippen LogP contribution in [-0.4, -0.2) is 18.4 Å². The highest BCUT2D eigenvalue weighted by atomic mass is 79.9. The minimum Gasteiger partial charge on any atom is -0.494 e. The zero-order valence-corrected chi connectivity index (χ0v) is 14.0. The molecule has 0 saturated carbocycles. The van der Waals surface area contributed by atoms with Gasteiger partial charge in [-0.05, 0) is 46.6 Å². The summed E-state index contributed by atoms with van der Waals surface area (Å²) >= 11 is 3.29. The van der Waals surface area contributed by atoms with Crippen molar-refractivity contribution in [1.29, 1.82) is 0 Å². The molecule has 2 rings (SSSR count). The molecule has 0 radical (unpaired) electrons. The van der Waals surface area contributed by atoms with E-state index in [0.717, 1.165) is 5.75 Å². The predicted octanol–water partition coefficient (Wildman–Crippen LogP) is 3.07. The number of carbonyl (C=O) groups is 2. The van der Waals surface area contributed by atoms with Gasteiger partial charge in [0.15, 0.2) is 0 Å².